The van der Waals surface area contributed by atoms with E-state index in [0.29, 0.717) is 0 Å². The molecular formula is C18H9F21O. The molecule has 1 rings (SSSR count). The minimum Gasteiger partial charge on any atom is -0.396 e. The van der Waals surface area contributed by atoms with E-state index in [-0.39, 0.29) is 0 Å². The molecule has 0 aliphatic rings. The van der Waals surface area contributed by atoms with Crippen LogP contribution in [0.3, 0.4) is 0 Å². The Morgan fingerprint density at radius 1 is 0.450 bits per heavy atom. The van der Waals surface area contributed by atoms with Gasteiger partial charge in [0.1, 0.15) is 0 Å². The van der Waals surface area contributed by atoms with E-state index in [2.05, 4.69) is 0 Å². The Morgan fingerprint density at radius 2 is 0.725 bits per heavy atom. The van der Waals surface area contributed by atoms with Crippen molar-refractivity contribution < 1.29 is 97.3 Å². The van der Waals surface area contributed by atoms with Gasteiger partial charge in [0.2, 0.25) is 0 Å². The summed E-state index contributed by atoms with van der Waals surface area (Å²) >= 11 is 0. The highest BCUT2D eigenvalue weighted by molar-refractivity contribution is 5.48. The maximum Gasteiger partial charge on any atom is 0.460 e. The zero-order chi connectivity index (χ0) is 32.3. The molecule has 0 aliphatic carbocycles. The molecule has 1 aromatic rings. The Morgan fingerprint density at radius 3 is 0.975 bits per heavy atom. The van der Waals surface area contributed by atoms with Gasteiger partial charge >= 0.3 is 54.1 Å². The minimum atomic E-state index is -7.62. The lowest BCUT2D eigenvalue weighted by Crippen LogP contribution is -2.53. The van der Waals surface area contributed by atoms with Crippen LogP contribution in [-0.2, 0) is 24.2 Å². The fraction of sp³-hybridized carbons (Fsp3) is 0.667. The van der Waals surface area contributed by atoms with Crippen molar-refractivity contribution in [2.75, 3.05) is 6.61 Å². The number of rotatable bonds is 9. The molecule has 1 aromatic carbocycles. The summed E-state index contributed by atoms with van der Waals surface area (Å²) in [5, 5.41) is 8.70. The second-order valence-corrected chi connectivity index (χ2v) is 7.82. The fourth-order valence-electron chi connectivity index (χ4n) is 2.99. The third-order valence-corrected chi connectivity index (χ3v) is 5.12. The number of benzene rings is 1. The summed E-state index contributed by atoms with van der Waals surface area (Å²) in [7, 11) is 0. The van der Waals surface area contributed by atoms with Crippen LogP contribution in [0.25, 0.3) is 0 Å². The molecule has 0 radical (unpaired) electrons. The molecule has 1 N–H and O–H groups in total. The van der Waals surface area contributed by atoms with E-state index < -0.39 is 108 Å². The third-order valence-electron chi connectivity index (χ3n) is 5.12. The molecule has 1 nitrogen and oxygen atoms in total. The summed E-state index contributed by atoms with van der Waals surface area (Å²) in [6.07, 6.45) is -26.1. The molecule has 0 saturated carbocycles. The van der Waals surface area contributed by atoms with E-state index in [1.54, 1.807) is 0 Å². The van der Waals surface area contributed by atoms with E-state index in [1.807, 2.05) is 0 Å². The first-order valence-electron chi connectivity index (χ1n) is 9.54. The maximum atomic E-state index is 14.5. The SMILES string of the molecule is OCCCc1c(C(F)(F)C(F)(F)C(F)(F)F)cc(C(F)(F)C(F)(F)C(F)(F)F)cc1C(F)(F)C(F)(F)C(F)(F)F. The average molecular weight is 640 g/mol. The van der Waals surface area contributed by atoms with Gasteiger partial charge in [-0.2, -0.15) is 92.2 Å². The summed E-state index contributed by atoms with van der Waals surface area (Å²) in [5.74, 6) is -44.6. The minimum absolute atomic E-state index is 1.45. The number of alkyl halides is 21. The third kappa shape index (κ3) is 5.35. The predicted molar refractivity (Wildman–Crippen MR) is 86.5 cm³/mol. The van der Waals surface area contributed by atoms with Crippen LogP contribution in [0.5, 0.6) is 0 Å². The summed E-state index contributed by atoms with van der Waals surface area (Å²) < 4.78 is 281. The molecule has 0 atom stereocenters. The highest BCUT2D eigenvalue weighted by Gasteiger charge is 2.78. The van der Waals surface area contributed by atoms with E-state index in [9.17, 15) is 92.2 Å². The molecule has 0 saturated heterocycles. The average Bonchev–Trinajstić information content (AvgIpc) is 2.74. The molecule has 22 heteroatoms. The Kier molecular flexibility index (Phi) is 8.86. The van der Waals surface area contributed by atoms with Gasteiger partial charge in [-0.15, -0.1) is 0 Å². The van der Waals surface area contributed by atoms with E-state index in [0.717, 1.165) is 0 Å². The lowest BCUT2D eigenvalue weighted by atomic mass is 9.83. The monoisotopic (exact) mass is 640 g/mol. The van der Waals surface area contributed by atoms with Crippen LogP contribution in [-0.4, -0.2) is 48.0 Å². The molecule has 0 amide bonds. The Labute approximate surface area is 206 Å². The lowest BCUT2D eigenvalue weighted by molar-refractivity contribution is -0.362. The van der Waals surface area contributed by atoms with Gasteiger partial charge < -0.3 is 5.11 Å². The van der Waals surface area contributed by atoms with Gasteiger partial charge in [-0.05, 0) is 30.5 Å². The number of aliphatic hydroxyl groups excluding tert-OH is 1. The molecule has 234 valence electrons. The van der Waals surface area contributed by atoms with Crippen LogP contribution >= 0.6 is 0 Å². The van der Waals surface area contributed by atoms with Crippen molar-refractivity contribution >= 4 is 0 Å². The van der Waals surface area contributed by atoms with Crippen molar-refractivity contribution in [1.29, 1.82) is 0 Å². The van der Waals surface area contributed by atoms with Crippen molar-refractivity contribution in [1.82, 2.24) is 0 Å². The van der Waals surface area contributed by atoms with Gasteiger partial charge in [-0.1, -0.05) is 0 Å². The molecule has 0 bridgehead atoms. The number of aliphatic hydroxyl groups is 1. The van der Waals surface area contributed by atoms with Gasteiger partial charge in [-0.25, -0.2) is 0 Å². The van der Waals surface area contributed by atoms with Gasteiger partial charge in [0, 0.05) is 23.3 Å². The van der Waals surface area contributed by atoms with Crippen LogP contribution in [0.15, 0.2) is 12.1 Å². The normalized spacial score (nSPS) is 15.6. The topological polar surface area (TPSA) is 20.2 Å². The van der Waals surface area contributed by atoms with Gasteiger partial charge in [0.15, 0.2) is 0 Å². The molecule has 0 spiro atoms. The van der Waals surface area contributed by atoms with Crippen molar-refractivity contribution in [3.05, 3.63) is 34.4 Å². The predicted octanol–water partition coefficient (Wildman–Crippen LogP) is 8.48. The van der Waals surface area contributed by atoms with Crippen molar-refractivity contribution in [2.24, 2.45) is 0 Å². The van der Waals surface area contributed by atoms with Crippen LogP contribution in [0.2, 0.25) is 0 Å². The van der Waals surface area contributed by atoms with E-state index in [4.69, 9.17) is 5.11 Å². The summed E-state index contributed by atoms with van der Waals surface area (Å²) in [5.41, 5.74) is -14.0. The van der Waals surface area contributed by atoms with Crippen molar-refractivity contribution in [3.8, 4) is 0 Å². The molecule has 40 heavy (non-hydrogen) atoms. The van der Waals surface area contributed by atoms with Gasteiger partial charge in [0.25, 0.3) is 0 Å². The van der Waals surface area contributed by atoms with Crippen LogP contribution in [0.4, 0.5) is 92.2 Å². The van der Waals surface area contributed by atoms with Gasteiger partial charge in [-0.3, -0.25) is 0 Å². The van der Waals surface area contributed by atoms with Crippen LogP contribution in [0, 0.1) is 0 Å². The smallest absolute Gasteiger partial charge is 0.396 e. The van der Waals surface area contributed by atoms with Gasteiger partial charge in [0.05, 0.1) is 0 Å². The van der Waals surface area contributed by atoms with Crippen LogP contribution < -0.4 is 0 Å². The number of hydrogen-bond acceptors (Lipinski definition) is 1. The molecule has 0 fully saturated rings. The zero-order valence-corrected chi connectivity index (χ0v) is 18.2. The zero-order valence-electron chi connectivity index (χ0n) is 18.2. The van der Waals surface area contributed by atoms with E-state index >= 15 is 0 Å². The van der Waals surface area contributed by atoms with Crippen molar-refractivity contribution in [2.45, 2.75) is 66.9 Å². The molecule has 0 unspecified atom stereocenters. The second-order valence-electron chi connectivity index (χ2n) is 7.82. The second kappa shape index (κ2) is 9.92. The Hall–Kier alpha value is -2.29. The maximum absolute atomic E-state index is 14.5. The lowest BCUT2D eigenvalue weighted by Gasteiger charge is -2.35. The first-order valence-corrected chi connectivity index (χ1v) is 9.54. The molecule has 0 aromatic heterocycles. The number of hydrogen-bond donors (Lipinski definition) is 1. The summed E-state index contributed by atoms with van der Waals surface area (Å²) in [4.78, 5) is 0. The first kappa shape index (κ1) is 35.7. The highest BCUT2D eigenvalue weighted by atomic mass is 19.4. The molecule has 0 aliphatic heterocycles. The fourth-order valence-corrected chi connectivity index (χ4v) is 2.99. The molecular weight excluding hydrogens is 631 g/mol. The first-order chi connectivity index (χ1) is 17.3. The Balaban J connectivity index is 4.53. The quantitative estimate of drug-likeness (QED) is 0.269. The standard InChI is InChI=1S/C18H9F21O/c19-10(20,13(25,26)16(31,32)33)6-4-8(11(21,22)14(27,28)17(34,35)36)7(2-1-3-40)9(5-6)12(23,24)15(29,30)18(37,38)39/h4-5,40H,1-3H2. The van der Waals surface area contributed by atoms with Crippen molar-refractivity contribution in [3.63, 3.8) is 0 Å². The largest absolute Gasteiger partial charge is 0.460 e. The number of halogens is 21. The molecule has 0 heterocycles. The summed E-state index contributed by atoms with van der Waals surface area (Å²) in [6, 6.07) is -3.45. The Bertz CT molecular complexity index is 1000. The van der Waals surface area contributed by atoms with E-state index in [1.165, 1.54) is 0 Å². The summed E-state index contributed by atoms with van der Waals surface area (Å²) in [6.45, 7) is -1.51. The highest BCUT2D eigenvalue weighted by Crippen LogP contribution is 2.59. The van der Waals surface area contributed by atoms with Crippen LogP contribution in [0.1, 0.15) is 28.7 Å².